The number of nitrogens with zero attached hydrogens (tertiary/aromatic N) is 3. The van der Waals surface area contributed by atoms with Crippen LogP contribution in [0.4, 0.5) is 5.82 Å². The topological polar surface area (TPSA) is 92.8 Å². The number of pyridine rings is 1. The molecule has 0 spiro atoms. The maximum absolute atomic E-state index is 12.1. The third-order valence-electron chi connectivity index (χ3n) is 3.60. The van der Waals surface area contributed by atoms with Crippen LogP contribution < -0.4 is 10.1 Å². The fourth-order valence-electron chi connectivity index (χ4n) is 2.14. The molecule has 2 aromatic heterocycles. The molecule has 1 aromatic carbocycles. The lowest BCUT2D eigenvalue weighted by atomic mass is 10.2. The molecule has 3 rings (SSSR count). The largest absolute Gasteiger partial charge is 0.486 e. The van der Waals surface area contributed by atoms with Crippen LogP contribution in [0.5, 0.6) is 5.75 Å². The van der Waals surface area contributed by atoms with E-state index in [9.17, 15) is 4.79 Å². The molecule has 7 nitrogen and oxygen atoms in total. The van der Waals surface area contributed by atoms with Gasteiger partial charge in [-0.3, -0.25) is 9.89 Å². The van der Waals surface area contributed by atoms with Gasteiger partial charge in [0.2, 0.25) is 11.1 Å². The smallest absolute Gasteiger partial charge is 0.236 e. The predicted octanol–water partition coefficient (Wildman–Crippen LogP) is 4.43. The van der Waals surface area contributed by atoms with Crippen LogP contribution in [0.2, 0.25) is 10.0 Å². The van der Waals surface area contributed by atoms with E-state index < -0.39 is 0 Å². The highest BCUT2D eigenvalue weighted by atomic mass is 35.5. The fourth-order valence-corrected chi connectivity index (χ4v) is 3.16. The van der Waals surface area contributed by atoms with Crippen molar-refractivity contribution < 1.29 is 9.53 Å². The summed E-state index contributed by atoms with van der Waals surface area (Å²) in [6, 6.07) is 9.27. The molecule has 0 saturated carbocycles. The van der Waals surface area contributed by atoms with Crippen molar-refractivity contribution in [2.24, 2.45) is 0 Å². The number of halogens is 2. The number of carbonyl (C=O) groups excluding carboxylic acids is 1. The van der Waals surface area contributed by atoms with Gasteiger partial charge >= 0.3 is 0 Å². The van der Waals surface area contributed by atoms with Gasteiger partial charge in [-0.2, -0.15) is 0 Å². The number of nitrogens with one attached hydrogen (secondary N) is 2. The number of amides is 1. The van der Waals surface area contributed by atoms with Crippen LogP contribution >= 0.6 is 35.0 Å². The van der Waals surface area contributed by atoms with Crippen molar-refractivity contribution in [3.05, 3.63) is 57.5 Å². The van der Waals surface area contributed by atoms with Crippen LogP contribution in [-0.4, -0.2) is 31.8 Å². The Hall–Kier alpha value is -2.29. The molecular weight excluding hydrogens is 421 g/mol. The van der Waals surface area contributed by atoms with Gasteiger partial charge in [0.1, 0.15) is 12.4 Å². The lowest BCUT2D eigenvalue weighted by Crippen LogP contribution is -2.15. The van der Waals surface area contributed by atoms with E-state index in [4.69, 9.17) is 27.9 Å². The Labute approximate surface area is 176 Å². The summed E-state index contributed by atoms with van der Waals surface area (Å²) in [5.74, 6) is 1.43. The van der Waals surface area contributed by atoms with Crippen molar-refractivity contribution in [1.29, 1.82) is 0 Å². The van der Waals surface area contributed by atoms with Gasteiger partial charge in [-0.1, -0.05) is 52.7 Å². The third-order valence-corrected chi connectivity index (χ3v) is 5.12. The second kappa shape index (κ2) is 9.27. The molecule has 0 aliphatic carbocycles. The van der Waals surface area contributed by atoms with E-state index in [2.05, 4.69) is 25.5 Å². The van der Waals surface area contributed by atoms with Crippen molar-refractivity contribution in [2.75, 3.05) is 11.1 Å². The first-order chi connectivity index (χ1) is 13.4. The van der Waals surface area contributed by atoms with E-state index in [-0.39, 0.29) is 29.1 Å². The summed E-state index contributed by atoms with van der Waals surface area (Å²) in [6.07, 6.45) is 0. The number of aromatic nitrogens is 4. The first kappa shape index (κ1) is 20.4. The van der Waals surface area contributed by atoms with Gasteiger partial charge in [0, 0.05) is 0 Å². The molecule has 2 N–H and O–H groups in total. The predicted molar refractivity (Wildman–Crippen MR) is 110 cm³/mol. The Morgan fingerprint density at radius 1 is 1.18 bits per heavy atom. The van der Waals surface area contributed by atoms with Crippen LogP contribution in [-0.2, 0) is 11.4 Å². The molecule has 0 aliphatic rings. The number of ether oxygens (including phenoxy) is 1. The average molecular weight is 438 g/mol. The van der Waals surface area contributed by atoms with Crippen LogP contribution in [0.15, 0.2) is 35.5 Å². The van der Waals surface area contributed by atoms with Gasteiger partial charge in [0.25, 0.3) is 0 Å². The third kappa shape index (κ3) is 5.60. The molecule has 28 heavy (non-hydrogen) atoms. The molecular formula is C18H17Cl2N5O2S. The zero-order chi connectivity index (χ0) is 20.1. The number of rotatable bonds is 7. The lowest BCUT2D eigenvalue weighted by molar-refractivity contribution is -0.113. The van der Waals surface area contributed by atoms with E-state index >= 15 is 0 Å². The molecule has 3 aromatic rings. The average Bonchev–Trinajstić information content (AvgIpc) is 3.12. The number of thioether (sulfide) groups is 1. The molecule has 0 aliphatic heterocycles. The monoisotopic (exact) mass is 437 g/mol. The number of aromatic amines is 1. The highest BCUT2D eigenvalue weighted by Crippen LogP contribution is 2.26. The van der Waals surface area contributed by atoms with Crippen molar-refractivity contribution in [1.82, 2.24) is 20.2 Å². The van der Waals surface area contributed by atoms with E-state index in [1.54, 1.807) is 13.0 Å². The van der Waals surface area contributed by atoms with Gasteiger partial charge in [-0.05, 0) is 32.0 Å². The minimum Gasteiger partial charge on any atom is -0.486 e. The van der Waals surface area contributed by atoms with Crippen LogP contribution in [0.1, 0.15) is 17.1 Å². The van der Waals surface area contributed by atoms with Crippen LogP contribution in [0.3, 0.4) is 0 Å². The first-order valence-corrected chi connectivity index (χ1v) is 10.0. The summed E-state index contributed by atoms with van der Waals surface area (Å²) in [6.45, 7) is 4.00. The van der Waals surface area contributed by atoms with Crippen molar-refractivity contribution >= 4 is 46.7 Å². The van der Waals surface area contributed by atoms with Gasteiger partial charge in [0.05, 0.1) is 21.5 Å². The Balaban J connectivity index is 1.49. The summed E-state index contributed by atoms with van der Waals surface area (Å²) < 4.78 is 5.64. The molecule has 0 fully saturated rings. The lowest BCUT2D eigenvalue weighted by Gasteiger charge is -2.07. The van der Waals surface area contributed by atoms with E-state index in [0.717, 1.165) is 11.3 Å². The zero-order valence-electron chi connectivity index (χ0n) is 15.1. The summed E-state index contributed by atoms with van der Waals surface area (Å²) in [5, 5.41) is 10.7. The number of carbonyl (C=O) groups is 1. The highest BCUT2D eigenvalue weighted by Gasteiger charge is 2.12. The second-order valence-corrected chi connectivity index (χ2v) is 7.65. The highest BCUT2D eigenvalue weighted by molar-refractivity contribution is 7.99. The fraction of sp³-hybridized carbons (Fsp3) is 0.222. The van der Waals surface area contributed by atoms with E-state index in [0.29, 0.717) is 21.7 Å². The number of hydrogen-bond donors (Lipinski definition) is 2. The van der Waals surface area contributed by atoms with Gasteiger partial charge in [-0.25, -0.2) is 9.97 Å². The Bertz CT molecular complexity index is 979. The molecule has 10 heteroatoms. The summed E-state index contributed by atoms with van der Waals surface area (Å²) in [4.78, 5) is 20.6. The molecule has 0 bridgehead atoms. The van der Waals surface area contributed by atoms with Crippen LogP contribution in [0, 0.1) is 13.8 Å². The maximum atomic E-state index is 12.1. The maximum Gasteiger partial charge on any atom is 0.236 e. The SMILES string of the molecule is Cc1ccc(OCc2nc(SCC(=O)Nc3nc(C)c(Cl)cc3Cl)n[nH]2)cc1. The van der Waals surface area contributed by atoms with E-state index in [1.165, 1.54) is 11.8 Å². The quantitative estimate of drug-likeness (QED) is 0.530. The molecule has 1 amide bonds. The van der Waals surface area contributed by atoms with Crippen molar-refractivity contribution in [2.45, 2.75) is 25.6 Å². The summed E-state index contributed by atoms with van der Waals surface area (Å²) >= 11 is 13.2. The van der Waals surface area contributed by atoms with E-state index in [1.807, 2.05) is 31.2 Å². The number of anilines is 1. The Morgan fingerprint density at radius 2 is 1.93 bits per heavy atom. The van der Waals surface area contributed by atoms with Crippen LogP contribution in [0.25, 0.3) is 0 Å². The molecule has 146 valence electrons. The summed E-state index contributed by atoms with van der Waals surface area (Å²) in [5.41, 5.74) is 1.75. The number of hydrogen-bond acceptors (Lipinski definition) is 6. The van der Waals surface area contributed by atoms with Gasteiger partial charge in [-0.15, -0.1) is 5.10 Å². The summed E-state index contributed by atoms with van der Waals surface area (Å²) in [7, 11) is 0. The first-order valence-electron chi connectivity index (χ1n) is 8.27. The Kier molecular flexibility index (Phi) is 6.77. The molecule has 0 atom stereocenters. The zero-order valence-corrected chi connectivity index (χ0v) is 17.5. The standard InChI is InChI=1S/C18H17Cl2N5O2S/c1-10-3-5-12(6-4-10)27-8-15-22-18(25-24-15)28-9-16(26)23-17-14(20)7-13(19)11(2)21-17/h3-7H,8-9H2,1-2H3,(H,21,23,26)(H,22,24,25). The van der Waals surface area contributed by atoms with Gasteiger partial charge in [0.15, 0.2) is 11.6 Å². The van der Waals surface area contributed by atoms with Crippen molar-refractivity contribution in [3.8, 4) is 5.75 Å². The molecule has 0 unspecified atom stereocenters. The number of H-pyrrole nitrogens is 1. The molecule has 0 radical (unpaired) electrons. The number of aryl methyl sites for hydroxylation is 2. The normalized spacial score (nSPS) is 10.7. The van der Waals surface area contributed by atoms with Crippen molar-refractivity contribution in [3.63, 3.8) is 0 Å². The Morgan fingerprint density at radius 3 is 2.68 bits per heavy atom. The number of benzene rings is 1. The molecule has 0 saturated heterocycles. The minimum atomic E-state index is -0.275. The minimum absolute atomic E-state index is 0.107. The second-order valence-electron chi connectivity index (χ2n) is 5.89. The molecule has 2 heterocycles. The van der Waals surface area contributed by atoms with Gasteiger partial charge < -0.3 is 10.1 Å².